The molecule has 12 heterocycles. The molecule has 12 aliphatic heterocycles. The van der Waals surface area contributed by atoms with Gasteiger partial charge in [-0.2, -0.15) is 0 Å². The second-order valence-electron chi connectivity index (χ2n) is 38.1. The molecule has 149 heavy (non-hydrogen) atoms. The second-order valence-corrected chi connectivity index (χ2v) is 38.1. The van der Waals surface area contributed by atoms with Crippen molar-refractivity contribution < 1.29 is 291 Å². The number of hydrogen-bond donors (Lipinski definition) is 36. The minimum absolute atomic E-state index is 0.840. The van der Waals surface area contributed by atoms with Crippen molar-refractivity contribution >= 4 is 35.4 Å². The molecule has 12 rings (SSSR count). The fraction of sp³-hybridized carbons (Fsp3) is 0.929. The summed E-state index contributed by atoms with van der Waals surface area (Å²) in [6.07, 6.45) is -118. The highest BCUT2D eigenvalue weighted by Crippen LogP contribution is 2.44. The molecule has 0 aromatic carbocycles. The van der Waals surface area contributed by atoms with E-state index in [1.165, 1.54) is 13.8 Å². The molecule has 0 aromatic heterocycles. The highest BCUT2D eigenvalue weighted by molar-refractivity contribution is 5.75. The lowest BCUT2D eigenvalue weighted by atomic mass is 9.93. The number of amides is 6. The minimum atomic E-state index is -2.87. The van der Waals surface area contributed by atoms with Gasteiger partial charge in [0.25, 0.3) is 0 Å². The second kappa shape index (κ2) is 53.4. The van der Waals surface area contributed by atoms with Crippen molar-refractivity contribution in [2.75, 3.05) is 66.1 Å². The predicted octanol–water partition coefficient (Wildman–Crippen LogP) is -24.2. The van der Waals surface area contributed by atoms with Gasteiger partial charge in [-0.25, -0.2) is 0 Å². The largest absolute Gasteiger partial charge is 0.394 e. The number of hydrogen-bond acceptors (Lipinski definition) is 59. The molecule has 60 atom stereocenters. The smallest absolute Gasteiger partial charge is 0.217 e. The van der Waals surface area contributed by atoms with E-state index in [0.717, 1.165) is 41.5 Å². The van der Waals surface area contributed by atoms with Crippen molar-refractivity contribution in [3.63, 3.8) is 0 Å². The number of aliphatic hydroxyl groups is 30. The van der Waals surface area contributed by atoms with E-state index in [1.807, 2.05) is 0 Å². The van der Waals surface area contributed by atoms with Crippen LogP contribution in [0.2, 0.25) is 0 Å². The van der Waals surface area contributed by atoms with Crippen LogP contribution in [0.5, 0.6) is 0 Å². The fourth-order valence-corrected chi connectivity index (χ4v) is 19.5. The Hall–Kier alpha value is -5.30. The quantitative estimate of drug-likeness (QED) is 0.0273. The molecule has 0 radical (unpaired) electrons. The zero-order valence-corrected chi connectivity index (χ0v) is 81.0. The Morgan fingerprint density at radius 3 is 0.812 bits per heavy atom. The summed E-state index contributed by atoms with van der Waals surface area (Å²) in [4.78, 5) is 78.8. The standard InChI is InChI=1S/C84H140N6O59/c1-19-43(105)57(119)61(123)79(129-19)127-17-35-66(54(116)37(73(126)131-35)85-21(3)99)141-77-41(89-25(7)103)55(117)64(33(15-97)138-77)142-81-63(125)69(67(144-74-38(86-22(4)100)51(113)45(107)27(9-91)132-74)36(140-81)18-128-82-70(59(121)48(110)30(12-94)135-82)147-76-40(88-24(6)102)53(115)47(109)29(11-93)134-76)146-83-71(60(122)49(111)31(13-95)136-83)148-78-42(90-26(8)104)56(118)65(34(16-98)139-78)143-84-72(149-80-62(124)58(120)44(106)20(2)130-80)68(50(112)32(14-96)137-84)145-75-39(87-23(5)101)52(114)46(108)28(10-92)133-75/h19-20,27-84,91-98,105-126H,9-18H2,1-8H3,(H,85,99)(H,86,100)(H,87,101)(H,88,102)(H,89,103)(H,90,104)/t19-,20-,27+,28+,29+,30+,31+,32+,33+,34+,35+,36+,37+,38-,39+,40+,41+,42+,43+,44+,45+,46-,47+,48+,49+,50-,51+,52+,53+,54+,55+,56+,57+,58+,59-,60-,61-,62-,63-,64+,65+,66+,67+,68-,69+,70-,71-,72+,73?,74-,75+,76-,77-,78-,79+,80-,81-,82-,83+,84-/m0/s1. The maximum Gasteiger partial charge on any atom is 0.217 e. The molecule has 12 saturated heterocycles. The predicted molar refractivity (Wildman–Crippen MR) is 462 cm³/mol. The Morgan fingerprint density at radius 2 is 0.423 bits per heavy atom. The molecule has 0 aromatic rings. The Bertz CT molecular complexity index is 4230. The lowest BCUT2D eigenvalue weighted by Gasteiger charge is -2.52. The van der Waals surface area contributed by atoms with Crippen molar-refractivity contribution in [1.29, 1.82) is 0 Å². The van der Waals surface area contributed by atoms with Crippen LogP contribution >= 0.6 is 0 Å². The van der Waals surface area contributed by atoms with Crippen molar-refractivity contribution in [2.24, 2.45) is 0 Å². The number of ether oxygens (including phenoxy) is 23. The molecule has 12 aliphatic rings. The summed E-state index contributed by atoms with van der Waals surface area (Å²) in [5.74, 6) is -5.96. The molecule has 0 bridgehead atoms. The minimum Gasteiger partial charge on any atom is -0.394 e. The van der Waals surface area contributed by atoms with Gasteiger partial charge in [-0.15, -0.1) is 0 Å². The van der Waals surface area contributed by atoms with Gasteiger partial charge in [-0.3, -0.25) is 28.8 Å². The number of rotatable bonds is 38. The third kappa shape index (κ3) is 27.5. The van der Waals surface area contributed by atoms with Crippen LogP contribution in [0.3, 0.4) is 0 Å². The van der Waals surface area contributed by atoms with E-state index >= 15 is 0 Å². The molecule has 1 unspecified atom stereocenters. The molecule has 36 N–H and O–H groups in total. The molecule has 860 valence electrons. The lowest BCUT2D eigenvalue weighted by molar-refractivity contribution is -0.412. The monoisotopic (exact) mass is 2180 g/mol. The summed E-state index contributed by atoms with van der Waals surface area (Å²) in [5, 5.41) is 358. The van der Waals surface area contributed by atoms with Crippen LogP contribution in [0.25, 0.3) is 0 Å². The third-order valence-corrected chi connectivity index (χ3v) is 27.4. The highest BCUT2D eigenvalue weighted by Gasteiger charge is 2.65. The van der Waals surface area contributed by atoms with Crippen LogP contribution in [0.15, 0.2) is 0 Å². The topological polar surface area (TPSA) is 994 Å². The van der Waals surface area contributed by atoms with Gasteiger partial charge < -0.3 is 294 Å². The van der Waals surface area contributed by atoms with Gasteiger partial charge in [-0.05, 0) is 13.8 Å². The summed E-state index contributed by atoms with van der Waals surface area (Å²) in [6, 6.07) is -12.1. The van der Waals surface area contributed by atoms with E-state index < -0.39 is 470 Å². The number of carbonyl (C=O) groups excluding carboxylic acids is 6. The summed E-state index contributed by atoms with van der Waals surface area (Å²) < 4.78 is 142. The van der Waals surface area contributed by atoms with Crippen LogP contribution in [-0.2, 0) is 138 Å². The number of carbonyl (C=O) groups is 6. The first-order chi connectivity index (χ1) is 70.4. The zero-order chi connectivity index (χ0) is 110. The molecular weight excluding hydrogens is 2040 g/mol. The van der Waals surface area contributed by atoms with Gasteiger partial charge in [0.1, 0.15) is 280 Å². The van der Waals surface area contributed by atoms with E-state index in [4.69, 9.17) is 109 Å². The normalized spacial score (nSPS) is 49.0. The van der Waals surface area contributed by atoms with Gasteiger partial charge >= 0.3 is 0 Å². The van der Waals surface area contributed by atoms with Crippen LogP contribution in [0.1, 0.15) is 55.4 Å². The van der Waals surface area contributed by atoms with Gasteiger partial charge in [0.15, 0.2) is 75.5 Å². The van der Waals surface area contributed by atoms with Crippen molar-refractivity contribution in [1.82, 2.24) is 31.9 Å². The van der Waals surface area contributed by atoms with Crippen molar-refractivity contribution in [3.05, 3.63) is 0 Å². The Labute approximate surface area is 845 Å². The lowest BCUT2D eigenvalue weighted by Crippen LogP contribution is -2.72. The molecule has 65 heteroatoms. The number of nitrogens with one attached hydrogen (secondary N) is 6. The van der Waals surface area contributed by atoms with E-state index in [0.29, 0.717) is 0 Å². The average Bonchev–Trinajstić information content (AvgIpc) is 0.748. The number of aliphatic hydroxyl groups excluding tert-OH is 30. The van der Waals surface area contributed by atoms with Crippen LogP contribution in [0, 0.1) is 0 Å². The summed E-state index contributed by atoms with van der Waals surface area (Å²) in [7, 11) is 0. The van der Waals surface area contributed by atoms with Crippen molar-refractivity contribution in [3.8, 4) is 0 Å². The Morgan fingerprint density at radius 1 is 0.188 bits per heavy atom. The molecule has 65 nitrogen and oxygen atoms in total. The third-order valence-electron chi connectivity index (χ3n) is 27.4. The van der Waals surface area contributed by atoms with Gasteiger partial charge in [0.05, 0.1) is 78.3 Å². The van der Waals surface area contributed by atoms with E-state index in [-0.39, 0.29) is 0 Å². The van der Waals surface area contributed by atoms with Gasteiger partial charge in [0.2, 0.25) is 35.4 Å². The Balaban J connectivity index is 0.957. The fourth-order valence-electron chi connectivity index (χ4n) is 19.5. The highest BCUT2D eigenvalue weighted by atomic mass is 16.8. The van der Waals surface area contributed by atoms with E-state index in [9.17, 15) is 182 Å². The SMILES string of the molecule is CC(=O)N[C@@H]1[C@H](O[C@H]2[C@H](O[C@H]3O[C@H](CO)[C@@H](O)[C@H](O)[C@@H]3O[C@@H]3O[C@H](CO)[C@@H](O[C@@H]4O[C@H](CO)[C@H](O)[C@H](O[C@H]5O[C@H](CO)[C@H](O)[C@H](O)[C@H]5NC(C)=O)[C@H]4O[C@@H]4O[C@@H](C)[C@@H](O)[C@@H](O)[C@@H]4O)[C@H](O)[C@H]3NC(C)=O)[C@H](O)[C@H](O[C@H]3[C@H](O)[C@@H](NC(C)=O)[C@H](O[C@H]4[C@H](O)[C@@H](NC(C)=O)C(O)O[C@@H]4CO[C@@H]4O[C@@H](C)[C@@H](O)[C@@H](O)[C@@H]4O)O[C@@H]3CO)O[C@@H]2CO[C@H]2O[C@H](CO)[C@@H](O)[C@H](O)[C@@H]2O[C@@H]2O[C@H](CO)[C@@H](O)[C@H](O)[C@H]2NC(C)=O)O[C@H](CO)[C@@H](O)[C@@H]1O. The van der Waals surface area contributed by atoms with Crippen LogP contribution < -0.4 is 31.9 Å². The van der Waals surface area contributed by atoms with E-state index in [2.05, 4.69) is 31.9 Å². The van der Waals surface area contributed by atoms with Gasteiger partial charge in [-0.1, -0.05) is 0 Å². The van der Waals surface area contributed by atoms with Crippen LogP contribution in [-0.4, -0.2) is 623 Å². The molecule has 12 fully saturated rings. The average molecular weight is 2180 g/mol. The molecular formula is C84H140N6O59. The molecule has 0 spiro atoms. The summed E-state index contributed by atoms with van der Waals surface area (Å²) in [5.41, 5.74) is 0. The summed E-state index contributed by atoms with van der Waals surface area (Å²) >= 11 is 0. The molecule has 0 aliphatic carbocycles. The maximum absolute atomic E-state index is 13.8. The zero-order valence-electron chi connectivity index (χ0n) is 81.0. The van der Waals surface area contributed by atoms with Crippen molar-refractivity contribution in [2.45, 2.75) is 423 Å². The van der Waals surface area contributed by atoms with Crippen LogP contribution in [0.4, 0.5) is 0 Å². The van der Waals surface area contributed by atoms with Gasteiger partial charge in [0, 0.05) is 41.5 Å². The summed E-state index contributed by atoms with van der Waals surface area (Å²) in [6.45, 7) is -4.28. The van der Waals surface area contributed by atoms with E-state index in [1.54, 1.807) is 0 Å². The first-order valence-electron chi connectivity index (χ1n) is 47.9. The maximum atomic E-state index is 13.8. The Kier molecular flexibility index (Phi) is 43.8. The molecule has 6 amide bonds. The first kappa shape index (κ1) is 122. The first-order valence-corrected chi connectivity index (χ1v) is 47.9. The molecule has 0 saturated carbocycles.